The molecule has 0 saturated carbocycles. The minimum Gasteiger partial charge on any atom is -0.497 e. The second-order valence-electron chi connectivity index (χ2n) is 6.94. The molecule has 0 aliphatic carbocycles. The fraction of sp³-hybridized carbons (Fsp3) is 0.391. The summed E-state index contributed by atoms with van der Waals surface area (Å²) in [5.41, 5.74) is 1.64. The molecule has 0 fully saturated rings. The van der Waals surface area contributed by atoms with E-state index in [0.29, 0.717) is 18.7 Å². The minimum atomic E-state index is -0.140. The number of hydrogen-bond acceptors (Lipinski definition) is 5. The van der Waals surface area contributed by atoms with Crippen LogP contribution in [0.25, 0.3) is 0 Å². The Morgan fingerprint density at radius 2 is 1.76 bits per heavy atom. The molecule has 6 heteroatoms. The lowest BCUT2D eigenvalue weighted by atomic mass is 10.0. The quantitative estimate of drug-likeness (QED) is 0.587. The van der Waals surface area contributed by atoms with Gasteiger partial charge in [-0.1, -0.05) is 12.1 Å². The normalized spacial score (nSPS) is 11.8. The molecule has 0 heterocycles. The average Bonchev–Trinajstić information content (AvgIpc) is 2.73. The van der Waals surface area contributed by atoms with Crippen molar-refractivity contribution in [3.63, 3.8) is 0 Å². The Bertz CT molecular complexity index is 803. The van der Waals surface area contributed by atoms with E-state index in [-0.39, 0.29) is 30.6 Å². The average molecular weight is 399 g/mol. The largest absolute Gasteiger partial charge is 0.497 e. The van der Waals surface area contributed by atoms with Crippen molar-refractivity contribution in [1.29, 1.82) is 0 Å². The summed E-state index contributed by atoms with van der Waals surface area (Å²) in [7, 11) is 5.56. The fourth-order valence-electron chi connectivity index (χ4n) is 3.02. The highest BCUT2D eigenvalue weighted by Crippen LogP contribution is 2.22. The van der Waals surface area contributed by atoms with Crippen molar-refractivity contribution in [2.45, 2.75) is 25.8 Å². The molecule has 1 N–H and O–H groups in total. The van der Waals surface area contributed by atoms with Crippen molar-refractivity contribution < 1.29 is 19.1 Å². The maximum atomic E-state index is 12.3. The number of Topliss-reactive ketones (excluding diaryl/α,β-unsaturated/α-hetero) is 1. The smallest absolute Gasteiger partial charge is 0.220 e. The molecule has 2 rings (SSSR count). The Morgan fingerprint density at radius 3 is 2.38 bits per heavy atom. The number of ether oxygens (including phenoxy) is 2. The Kier molecular flexibility index (Phi) is 8.68. The SMILES string of the molecule is CCOc1ccc(C(=O)CCC(=O)NCC(c2cccc(OC)c2)N(C)C)cc1. The highest BCUT2D eigenvalue weighted by Gasteiger charge is 2.17. The van der Waals surface area contributed by atoms with Gasteiger partial charge in [-0.3, -0.25) is 9.59 Å². The number of carbonyl (C=O) groups is 2. The lowest BCUT2D eigenvalue weighted by molar-refractivity contribution is -0.121. The third kappa shape index (κ3) is 6.91. The highest BCUT2D eigenvalue weighted by molar-refractivity contribution is 5.98. The number of rotatable bonds is 11. The van der Waals surface area contributed by atoms with Gasteiger partial charge >= 0.3 is 0 Å². The Balaban J connectivity index is 1.86. The molecule has 1 atom stereocenters. The van der Waals surface area contributed by atoms with Gasteiger partial charge in [-0.05, 0) is 63.0 Å². The summed E-state index contributed by atoms with van der Waals surface area (Å²) in [6.45, 7) is 2.94. The lowest BCUT2D eigenvalue weighted by Crippen LogP contribution is -2.34. The first kappa shape index (κ1) is 22.4. The van der Waals surface area contributed by atoms with Gasteiger partial charge in [0, 0.05) is 24.9 Å². The predicted octanol–water partition coefficient (Wildman–Crippen LogP) is 3.48. The van der Waals surface area contributed by atoms with Crippen molar-refractivity contribution in [3.8, 4) is 11.5 Å². The summed E-state index contributed by atoms with van der Waals surface area (Å²) in [5.74, 6) is 1.31. The second-order valence-corrected chi connectivity index (χ2v) is 6.94. The van der Waals surface area contributed by atoms with E-state index in [9.17, 15) is 9.59 Å². The molecule has 1 unspecified atom stereocenters. The van der Waals surface area contributed by atoms with E-state index in [4.69, 9.17) is 9.47 Å². The van der Waals surface area contributed by atoms with E-state index in [1.54, 1.807) is 31.4 Å². The van der Waals surface area contributed by atoms with E-state index in [0.717, 1.165) is 17.1 Å². The van der Waals surface area contributed by atoms with Crippen LogP contribution in [0.4, 0.5) is 0 Å². The maximum Gasteiger partial charge on any atom is 0.220 e. The zero-order chi connectivity index (χ0) is 21.2. The fourth-order valence-corrected chi connectivity index (χ4v) is 3.02. The third-order valence-corrected chi connectivity index (χ3v) is 4.66. The lowest BCUT2D eigenvalue weighted by Gasteiger charge is -2.25. The molecule has 29 heavy (non-hydrogen) atoms. The van der Waals surface area contributed by atoms with Crippen molar-refractivity contribution in [1.82, 2.24) is 10.2 Å². The van der Waals surface area contributed by atoms with Crippen LogP contribution in [0.5, 0.6) is 11.5 Å². The minimum absolute atomic E-state index is 0.0101. The molecule has 156 valence electrons. The van der Waals surface area contributed by atoms with E-state index in [1.165, 1.54) is 0 Å². The molecule has 6 nitrogen and oxygen atoms in total. The third-order valence-electron chi connectivity index (χ3n) is 4.66. The first-order valence-electron chi connectivity index (χ1n) is 9.77. The number of likely N-dealkylation sites (N-methyl/N-ethyl adjacent to an activating group) is 1. The predicted molar refractivity (Wildman–Crippen MR) is 114 cm³/mol. The molecule has 0 aliphatic rings. The number of carbonyl (C=O) groups excluding carboxylic acids is 2. The van der Waals surface area contributed by atoms with Gasteiger partial charge in [-0.25, -0.2) is 0 Å². The summed E-state index contributed by atoms with van der Waals surface area (Å²) in [6.07, 6.45) is 0.329. The van der Waals surface area contributed by atoms with E-state index >= 15 is 0 Å². The van der Waals surface area contributed by atoms with E-state index < -0.39 is 0 Å². The van der Waals surface area contributed by atoms with E-state index in [1.807, 2.05) is 50.2 Å². The number of benzene rings is 2. The molecule has 2 aromatic carbocycles. The Morgan fingerprint density at radius 1 is 1.03 bits per heavy atom. The molecule has 1 amide bonds. The van der Waals surface area contributed by atoms with Crippen LogP contribution in [0, 0.1) is 0 Å². The van der Waals surface area contributed by atoms with Crippen LogP contribution in [-0.2, 0) is 4.79 Å². The Hall–Kier alpha value is -2.86. The van der Waals surface area contributed by atoms with Gasteiger partial charge in [-0.2, -0.15) is 0 Å². The number of ketones is 1. The van der Waals surface area contributed by atoms with Crippen LogP contribution in [0.2, 0.25) is 0 Å². The first-order valence-corrected chi connectivity index (χ1v) is 9.77. The van der Waals surface area contributed by atoms with Gasteiger partial charge in [0.1, 0.15) is 11.5 Å². The zero-order valence-electron chi connectivity index (χ0n) is 17.6. The van der Waals surface area contributed by atoms with Gasteiger partial charge in [0.15, 0.2) is 5.78 Å². The number of hydrogen-bond donors (Lipinski definition) is 1. The molecule has 0 aromatic heterocycles. The number of nitrogens with one attached hydrogen (secondary N) is 1. The van der Waals surface area contributed by atoms with Crippen LogP contribution >= 0.6 is 0 Å². The van der Waals surface area contributed by atoms with Crippen LogP contribution < -0.4 is 14.8 Å². The summed E-state index contributed by atoms with van der Waals surface area (Å²) < 4.78 is 10.7. The summed E-state index contributed by atoms with van der Waals surface area (Å²) >= 11 is 0. The summed E-state index contributed by atoms with van der Waals surface area (Å²) in [4.78, 5) is 26.6. The van der Waals surface area contributed by atoms with Crippen molar-refractivity contribution in [2.75, 3.05) is 34.4 Å². The highest BCUT2D eigenvalue weighted by atomic mass is 16.5. The number of methoxy groups -OCH3 is 1. The molecular weight excluding hydrogens is 368 g/mol. The summed E-state index contributed by atoms with van der Waals surface area (Å²) in [6, 6.07) is 14.8. The van der Waals surface area contributed by atoms with Gasteiger partial charge in [-0.15, -0.1) is 0 Å². The number of nitrogens with zero attached hydrogens (tertiary/aromatic N) is 1. The molecule has 0 spiro atoms. The summed E-state index contributed by atoms with van der Waals surface area (Å²) in [5, 5.41) is 2.94. The first-order chi connectivity index (χ1) is 13.9. The van der Waals surface area contributed by atoms with Crippen LogP contribution in [0.1, 0.15) is 41.7 Å². The van der Waals surface area contributed by atoms with Gasteiger partial charge in [0.05, 0.1) is 19.8 Å². The maximum absolute atomic E-state index is 12.3. The van der Waals surface area contributed by atoms with E-state index in [2.05, 4.69) is 5.32 Å². The zero-order valence-corrected chi connectivity index (χ0v) is 17.6. The second kappa shape index (κ2) is 11.2. The standard InChI is InChI=1S/C23H30N2O4/c1-5-29-19-11-9-17(10-12-19)22(26)13-14-23(27)24-16-21(25(2)3)18-7-6-8-20(15-18)28-4/h6-12,15,21H,5,13-14,16H2,1-4H3,(H,24,27). The van der Waals surface area contributed by atoms with Crippen molar-refractivity contribution in [2.24, 2.45) is 0 Å². The monoisotopic (exact) mass is 398 g/mol. The van der Waals surface area contributed by atoms with Crippen molar-refractivity contribution in [3.05, 3.63) is 59.7 Å². The molecule has 2 aromatic rings. The Labute approximate surface area is 172 Å². The van der Waals surface area contributed by atoms with Gasteiger partial charge < -0.3 is 19.7 Å². The van der Waals surface area contributed by atoms with Crippen molar-refractivity contribution >= 4 is 11.7 Å². The molecule has 0 radical (unpaired) electrons. The van der Waals surface area contributed by atoms with Gasteiger partial charge in [0.2, 0.25) is 5.91 Å². The molecule has 0 aliphatic heterocycles. The topological polar surface area (TPSA) is 67.9 Å². The van der Waals surface area contributed by atoms with Crippen LogP contribution in [-0.4, -0.2) is 50.9 Å². The number of amides is 1. The molecule has 0 saturated heterocycles. The van der Waals surface area contributed by atoms with Crippen LogP contribution in [0.3, 0.4) is 0 Å². The molecular formula is C23H30N2O4. The molecule has 0 bridgehead atoms. The van der Waals surface area contributed by atoms with Crippen LogP contribution in [0.15, 0.2) is 48.5 Å². The van der Waals surface area contributed by atoms with Gasteiger partial charge in [0.25, 0.3) is 0 Å².